The van der Waals surface area contributed by atoms with Crippen LogP contribution in [-0.4, -0.2) is 30.5 Å². The van der Waals surface area contributed by atoms with Gasteiger partial charge in [0.1, 0.15) is 5.82 Å². The summed E-state index contributed by atoms with van der Waals surface area (Å²) in [5.74, 6) is 2.06. The highest BCUT2D eigenvalue weighted by Gasteiger charge is 2.24. The molecule has 3 aromatic rings. The molecule has 1 aliphatic heterocycles. The van der Waals surface area contributed by atoms with Gasteiger partial charge < -0.3 is 9.88 Å². The molecule has 7 heteroatoms. The summed E-state index contributed by atoms with van der Waals surface area (Å²) in [5, 5.41) is 16.4. The monoisotopic (exact) mass is 420 g/mol. The number of nitrogens with one attached hydrogen (secondary N) is 1. The topological polar surface area (TPSA) is 77.6 Å². The van der Waals surface area contributed by atoms with Crippen LogP contribution in [0, 0.1) is 0 Å². The summed E-state index contributed by atoms with van der Waals surface area (Å²) in [6.07, 6.45) is 4.55. The molecule has 164 valence electrons. The highest BCUT2D eigenvalue weighted by atomic mass is 16.2. The van der Waals surface area contributed by atoms with Crippen molar-refractivity contribution in [2.24, 2.45) is 0 Å². The van der Waals surface area contributed by atoms with Gasteiger partial charge in [0.2, 0.25) is 0 Å². The van der Waals surface area contributed by atoms with Crippen molar-refractivity contribution in [1.29, 1.82) is 0 Å². The lowest BCUT2D eigenvalue weighted by molar-refractivity contribution is 0.102. The fourth-order valence-electron chi connectivity index (χ4n) is 4.05. The summed E-state index contributed by atoms with van der Waals surface area (Å²) in [5.41, 5.74) is 3.06. The van der Waals surface area contributed by atoms with Crippen LogP contribution in [0.2, 0.25) is 0 Å². The fourth-order valence-corrected chi connectivity index (χ4v) is 4.05. The number of hydrogen-bond acceptors (Lipinski definition) is 4. The zero-order chi connectivity index (χ0) is 22.2. The second-order valence-electron chi connectivity index (χ2n) is 9.63. The summed E-state index contributed by atoms with van der Waals surface area (Å²) in [6.45, 7) is 11.5. The molecule has 0 atom stereocenters. The van der Waals surface area contributed by atoms with Crippen molar-refractivity contribution >= 4 is 11.6 Å². The van der Waals surface area contributed by atoms with Gasteiger partial charge in [-0.15, -0.1) is 10.2 Å². The van der Waals surface area contributed by atoms with E-state index in [0.717, 1.165) is 48.0 Å². The van der Waals surface area contributed by atoms with Crippen molar-refractivity contribution in [3.8, 4) is 11.4 Å². The maximum atomic E-state index is 12.9. The zero-order valence-electron chi connectivity index (χ0n) is 19.1. The number of rotatable bonds is 4. The van der Waals surface area contributed by atoms with E-state index in [0.29, 0.717) is 5.69 Å². The SMILES string of the molecule is CC(C)c1cc(C(=O)Nc2ccc(-c3nnc4n3CCCCC4)cc2)nn1C(C)(C)C. The molecule has 0 radical (unpaired) electrons. The molecule has 0 saturated carbocycles. The first-order valence-corrected chi connectivity index (χ1v) is 11.2. The molecule has 1 amide bonds. The van der Waals surface area contributed by atoms with Gasteiger partial charge in [0, 0.05) is 29.9 Å². The smallest absolute Gasteiger partial charge is 0.276 e. The number of fused-ring (bicyclic) bond motifs is 1. The first-order chi connectivity index (χ1) is 14.7. The summed E-state index contributed by atoms with van der Waals surface area (Å²) < 4.78 is 4.18. The lowest BCUT2D eigenvalue weighted by atomic mass is 10.1. The van der Waals surface area contributed by atoms with Crippen LogP contribution in [0.3, 0.4) is 0 Å². The van der Waals surface area contributed by atoms with Crippen molar-refractivity contribution in [2.75, 3.05) is 5.32 Å². The van der Waals surface area contributed by atoms with Gasteiger partial charge >= 0.3 is 0 Å². The maximum absolute atomic E-state index is 12.9. The van der Waals surface area contributed by atoms with Crippen LogP contribution in [-0.2, 0) is 18.5 Å². The molecular formula is C24H32N6O. The number of nitrogens with zero attached hydrogens (tertiary/aromatic N) is 5. The summed E-state index contributed by atoms with van der Waals surface area (Å²) >= 11 is 0. The van der Waals surface area contributed by atoms with Gasteiger partial charge in [-0.05, 0) is 69.9 Å². The van der Waals surface area contributed by atoms with Crippen molar-refractivity contribution in [2.45, 2.75) is 78.3 Å². The summed E-state index contributed by atoms with van der Waals surface area (Å²) in [6, 6.07) is 9.70. The Bertz CT molecular complexity index is 1070. The van der Waals surface area contributed by atoms with Gasteiger partial charge in [0.15, 0.2) is 11.5 Å². The minimum atomic E-state index is -0.200. The largest absolute Gasteiger partial charge is 0.321 e. The van der Waals surface area contributed by atoms with Crippen molar-refractivity contribution < 1.29 is 4.79 Å². The average Bonchev–Trinajstić information content (AvgIpc) is 3.28. The normalized spacial score (nSPS) is 14.4. The third-order valence-corrected chi connectivity index (χ3v) is 5.71. The number of aryl methyl sites for hydroxylation is 1. The van der Waals surface area contributed by atoms with E-state index < -0.39 is 0 Å². The van der Waals surface area contributed by atoms with E-state index in [1.807, 2.05) is 35.0 Å². The Balaban J connectivity index is 1.52. The maximum Gasteiger partial charge on any atom is 0.276 e. The molecule has 0 fully saturated rings. The summed E-state index contributed by atoms with van der Waals surface area (Å²) in [4.78, 5) is 12.9. The van der Waals surface area contributed by atoms with E-state index in [-0.39, 0.29) is 17.4 Å². The summed E-state index contributed by atoms with van der Waals surface area (Å²) in [7, 11) is 0. The Morgan fingerprint density at radius 2 is 1.81 bits per heavy atom. The lowest BCUT2D eigenvalue weighted by Gasteiger charge is -2.23. The predicted octanol–water partition coefficient (Wildman–Crippen LogP) is 5.00. The third-order valence-electron chi connectivity index (χ3n) is 5.71. The molecule has 0 unspecified atom stereocenters. The van der Waals surface area contributed by atoms with Crippen LogP contribution in [0.4, 0.5) is 5.69 Å². The van der Waals surface area contributed by atoms with Gasteiger partial charge in [-0.3, -0.25) is 9.48 Å². The average molecular weight is 421 g/mol. The Labute approximate surface area is 183 Å². The Morgan fingerprint density at radius 3 is 2.45 bits per heavy atom. The van der Waals surface area contributed by atoms with Crippen LogP contribution in [0.1, 0.15) is 81.8 Å². The fraction of sp³-hybridized carbons (Fsp3) is 0.500. The second kappa shape index (κ2) is 8.29. The number of amides is 1. The third kappa shape index (κ3) is 4.40. The minimum absolute atomic E-state index is 0.184. The molecule has 3 heterocycles. The van der Waals surface area contributed by atoms with E-state index in [1.54, 1.807) is 0 Å². The van der Waals surface area contributed by atoms with Crippen LogP contribution >= 0.6 is 0 Å². The molecular weight excluding hydrogens is 388 g/mol. The van der Waals surface area contributed by atoms with Gasteiger partial charge in [0.05, 0.1) is 5.54 Å². The molecule has 1 aliphatic rings. The van der Waals surface area contributed by atoms with Crippen molar-refractivity contribution in [3.05, 3.63) is 47.5 Å². The number of anilines is 1. The Hall–Kier alpha value is -2.96. The zero-order valence-corrected chi connectivity index (χ0v) is 19.1. The molecule has 2 aromatic heterocycles. The second-order valence-corrected chi connectivity index (χ2v) is 9.63. The standard InChI is InChI=1S/C24H32N6O/c1-16(2)20-15-19(28-30(20)24(3,4)5)23(31)25-18-12-10-17(11-13-18)22-27-26-21-9-7-6-8-14-29(21)22/h10-13,15-16H,6-9,14H2,1-5H3,(H,25,31). The minimum Gasteiger partial charge on any atom is -0.321 e. The van der Waals surface area contributed by atoms with Crippen LogP contribution in [0.25, 0.3) is 11.4 Å². The predicted molar refractivity (Wildman–Crippen MR) is 122 cm³/mol. The van der Waals surface area contributed by atoms with E-state index in [1.165, 1.54) is 12.8 Å². The number of aromatic nitrogens is 5. The molecule has 0 aliphatic carbocycles. The van der Waals surface area contributed by atoms with Crippen LogP contribution in [0.5, 0.6) is 0 Å². The molecule has 31 heavy (non-hydrogen) atoms. The molecule has 7 nitrogen and oxygen atoms in total. The Morgan fingerprint density at radius 1 is 1.06 bits per heavy atom. The first kappa shape index (κ1) is 21.3. The lowest BCUT2D eigenvalue weighted by Crippen LogP contribution is -2.26. The number of carbonyl (C=O) groups is 1. The van der Waals surface area contributed by atoms with E-state index >= 15 is 0 Å². The van der Waals surface area contributed by atoms with Gasteiger partial charge in [-0.1, -0.05) is 20.3 Å². The van der Waals surface area contributed by atoms with Gasteiger partial charge in [-0.25, -0.2) is 0 Å². The molecule has 0 saturated heterocycles. The highest BCUT2D eigenvalue weighted by Crippen LogP contribution is 2.26. The first-order valence-electron chi connectivity index (χ1n) is 11.2. The quantitative estimate of drug-likeness (QED) is 0.644. The van der Waals surface area contributed by atoms with E-state index in [2.05, 4.69) is 59.8 Å². The molecule has 1 aromatic carbocycles. The highest BCUT2D eigenvalue weighted by molar-refractivity contribution is 6.03. The molecule has 4 rings (SSSR count). The van der Waals surface area contributed by atoms with Gasteiger partial charge in [0.25, 0.3) is 5.91 Å². The van der Waals surface area contributed by atoms with Crippen LogP contribution < -0.4 is 5.32 Å². The van der Waals surface area contributed by atoms with Gasteiger partial charge in [-0.2, -0.15) is 5.10 Å². The molecule has 1 N–H and O–H groups in total. The molecule has 0 spiro atoms. The number of carbonyl (C=O) groups excluding carboxylic acids is 1. The molecule has 0 bridgehead atoms. The number of benzene rings is 1. The Kier molecular flexibility index (Phi) is 5.69. The van der Waals surface area contributed by atoms with E-state index in [4.69, 9.17) is 0 Å². The van der Waals surface area contributed by atoms with E-state index in [9.17, 15) is 4.79 Å². The van der Waals surface area contributed by atoms with Crippen molar-refractivity contribution in [3.63, 3.8) is 0 Å². The number of hydrogen-bond donors (Lipinski definition) is 1. The van der Waals surface area contributed by atoms with Crippen LogP contribution in [0.15, 0.2) is 30.3 Å². The van der Waals surface area contributed by atoms with Crippen molar-refractivity contribution in [1.82, 2.24) is 24.5 Å².